The molecule has 5 atom stereocenters. The molecule has 1 radical (unpaired) electrons. The Balaban J connectivity index is 1.96. The van der Waals surface area contributed by atoms with E-state index >= 15 is 0 Å². The van der Waals surface area contributed by atoms with Gasteiger partial charge in [-0.1, -0.05) is 33.0 Å². The Morgan fingerprint density at radius 2 is 1.79 bits per heavy atom. The molecular weight excluding hydrogens is 231 g/mol. The van der Waals surface area contributed by atoms with Crippen molar-refractivity contribution in [2.75, 3.05) is 34.7 Å². The second-order valence-corrected chi connectivity index (χ2v) is 8.10. The molecule has 0 aromatic carbocycles. The van der Waals surface area contributed by atoms with Crippen molar-refractivity contribution in [1.82, 2.24) is 9.80 Å². The molecule has 3 rings (SSSR count). The zero-order valence-electron chi connectivity index (χ0n) is 14.0. The van der Waals surface area contributed by atoms with Crippen LogP contribution in [0.3, 0.4) is 0 Å². The van der Waals surface area contributed by atoms with E-state index in [2.05, 4.69) is 66.0 Å². The van der Waals surface area contributed by atoms with Crippen LogP contribution in [-0.4, -0.2) is 57.8 Å². The van der Waals surface area contributed by atoms with Gasteiger partial charge in [-0.25, -0.2) is 0 Å². The van der Waals surface area contributed by atoms with Crippen molar-refractivity contribution in [3.8, 4) is 0 Å². The summed E-state index contributed by atoms with van der Waals surface area (Å²) in [6.07, 6.45) is 2.90. The average molecular weight is 263 g/mol. The van der Waals surface area contributed by atoms with Crippen molar-refractivity contribution < 1.29 is 0 Å². The van der Waals surface area contributed by atoms with E-state index in [4.69, 9.17) is 0 Å². The van der Waals surface area contributed by atoms with Crippen molar-refractivity contribution in [3.63, 3.8) is 0 Å². The predicted molar refractivity (Wildman–Crippen MR) is 84.7 cm³/mol. The molecule has 0 heterocycles. The lowest BCUT2D eigenvalue weighted by Gasteiger charge is -2.62. The van der Waals surface area contributed by atoms with E-state index in [-0.39, 0.29) is 0 Å². The molecule has 0 aromatic heterocycles. The third-order valence-corrected chi connectivity index (χ3v) is 6.10. The lowest BCUT2D eigenvalue weighted by molar-refractivity contribution is -0.0989. The molecule has 2 nitrogen and oxygen atoms in total. The summed E-state index contributed by atoms with van der Waals surface area (Å²) in [4.78, 5) is 4.68. The predicted octanol–water partition coefficient (Wildman–Crippen LogP) is 2.63. The largest absolute Gasteiger partial charge is 0.313 e. The normalized spacial score (nSPS) is 38.2. The number of rotatable bonds is 5. The molecule has 3 fully saturated rings. The van der Waals surface area contributed by atoms with Gasteiger partial charge >= 0.3 is 0 Å². The molecule has 0 amide bonds. The topological polar surface area (TPSA) is 6.48 Å². The third kappa shape index (κ3) is 2.87. The lowest BCUT2D eigenvalue weighted by Crippen LogP contribution is -2.56. The number of likely N-dealkylation sites (N-methyl/N-ethyl adjacent to an activating group) is 2. The van der Waals surface area contributed by atoms with E-state index in [1.54, 1.807) is 0 Å². The van der Waals surface area contributed by atoms with Crippen molar-refractivity contribution in [2.45, 2.75) is 45.4 Å². The van der Waals surface area contributed by atoms with Gasteiger partial charge in [-0.3, -0.25) is 0 Å². The summed E-state index contributed by atoms with van der Waals surface area (Å²) in [5, 5.41) is 0. The fraction of sp³-hybridized carbons (Fsp3) is 1.00. The fourth-order valence-electron chi connectivity index (χ4n) is 4.50. The summed E-state index contributed by atoms with van der Waals surface area (Å²) >= 11 is 0. The number of fused-ring (bicyclic) bond motifs is 2. The molecule has 0 aliphatic heterocycles. The smallest absolute Gasteiger partial charge is 0.139 e. The Kier molecular flexibility index (Phi) is 4.37. The maximum atomic E-state index is 2.65. The highest BCUT2D eigenvalue weighted by atomic mass is 15.2. The maximum Gasteiger partial charge on any atom is 0.139 e. The molecule has 0 saturated heterocycles. The minimum absolute atomic E-state index is 0.586. The molecule has 109 valence electrons. The standard InChI is InChI=1S/C16H32BN2/c1-11-13-8-12(16(13,2)3)9-14(11)17-15(19(6)7)10-18(4)5/h11-15H,8-10H2,1-7H3. The minimum Gasteiger partial charge on any atom is -0.313 e. The maximum absolute atomic E-state index is 2.65. The highest BCUT2D eigenvalue weighted by molar-refractivity contribution is 6.40. The second kappa shape index (κ2) is 5.40. The monoisotopic (exact) mass is 263 g/mol. The van der Waals surface area contributed by atoms with E-state index in [0.29, 0.717) is 11.4 Å². The van der Waals surface area contributed by atoms with Crippen molar-refractivity contribution in [1.29, 1.82) is 0 Å². The van der Waals surface area contributed by atoms with E-state index in [9.17, 15) is 0 Å². The van der Waals surface area contributed by atoms with Gasteiger partial charge in [-0.05, 0) is 63.7 Å². The van der Waals surface area contributed by atoms with Crippen LogP contribution >= 0.6 is 0 Å². The quantitative estimate of drug-likeness (QED) is 0.704. The zero-order chi connectivity index (χ0) is 14.4. The van der Waals surface area contributed by atoms with Gasteiger partial charge in [0.05, 0.1) is 0 Å². The zero-order valence-corrected chi connectivity index (χ0v) is 14.0. The molecule has 19 heavy (non-hydrogen) atoms. The lowest BCUT2D eigenvalue weighted by atomic mass is 9.36. The Bertz CT molecular complexity index is 314. The van der Waals surface area contributed by atoms with Gasteiger partial charge in [0.25, 0.3) is 0 Å². The average Bonchev–Trinajstić information content (AvgIpc) is 2.29. The Hall–Kier alpha value is -0.0151. The van der Waals surface area contributed by atoms with Crippen LogP contribution in [0.2, 0.25) is 5.82 Å². The first-order chi connectivity index (χ1) is 8.73. The van der Waals surface area contributed by atoms with Gasteiger partial charge in [0, 0.05) is 6.54 Å². The molecule has 3 aliphatic carbocycles. The summed E-state index contributed by atoms with van der Waals surface area (Å²) in [6.45, 7) is 8.60. The van der Waals surface area contributed by atoms with Crippen LogP contribution in [-0.2, 0) is 0 Å². The van der Waals surface area contributed by atoms with E-state index in [1.807, 2.05) is 0 Å². The Morgan fingerprint density at radius 3 is 2.21 bits per heavy atom. The molecule has 3 saturated carbocycles. The van der Waals surface area contributed by atoms with E-state index in [0.717, 1.165) is 30.1 Å². The summed E-state index contributed by atoms with van der Waals surface area (Å²) in [5.41, 5.74) is 0.610. The highest BCUT2D eigenvalue weighted by Crippen LogP contribution is 2.64. The van der Waals surface area contributed by atoms with Gasteiger partial charge < -0.3 is 9.80 Å². The van der Waals surface area contributed by atoms with Crippen molar-refractivity contribution >= 4 is 7.28 Å². The first kappa shape index (κ1) is 15.4. The third-order valence-electron chi connectivity index (χ3n) is 6.10. The van der Waals surface area contributed by atoms with E-state index < -0.39 is 0 Å². The van der Waals surface area contributed by atoms with E-state index in [1.165, 1.54) is 12.8 Å². The summed E-state index contributed by atoms with van der Waals surface area (Å²) in [6, 6.07) is 0. The minimum atomic E-state index is 0.586. The van der Waals surface area contributed by atoms with Crippen molar-refractivity contribution in [2.24, 2.45) is 23.2 Å². The molecule has 3 heteroatoms. The highest BCUT2D eigenvalue weighted by Gasteiger charge is 2.56. The molecule has 2 bridgehead atoms. The van der Waals surface area contributed by atoms with Gasteiger partial charge in [0.15, 0.2) is 0 Å². The van der Waals surface area contributed by atoms with Gasteiger partial charge in [0.1, 0.15) is 7.28 Å². The fourth-order valence-corrected chi connectivity index (χ4v) is 4.50. The number of hydrogen-bond acceptors (Lipinski definition) is 2. The Morgan fingerprint density at radius 1 is 1.16 bits per heavy atom. The van der Waals surface area contributed by atoms with Gasteiger partial charge in [-0.15, -0.1) is 0 Å². The first-order valence-electron chi connectivity index (χ1n) is 7.89. The first-order valence-corrected chi connectivity index (χ1v) is 7.89. The molecule has 5 unspecified atom stereocenters. The molecule has 3 aliphatic rings. The van der Waals surface area contributed by atoms with Crippen LogP contribution in [0.15, 0.2) is 0 Å². The summed E-state index contributed by atoms with van der Waals surface area (Å²) < 4.78 is 0. The van der Waals surface area contributed by atoms with Crippen LogP contribution in [0, 0.1) is 23.2 Å². The summed E-state index contributed by atoms with van der Waals surface area (Å²) in [7, 11) is 11.4. The van der Waals surface area contributed by atoms with Crippen LogP contribution in [0.5, 0.6) is 0 Å². The van der Waals surface area contributed by atoms with Crippen LogP contribution in [0.25, 0.3) is 0 Å². The molecule has 0 spiro atoms. The van der Waals surface area contributed by atoms with Crippen LogP contribution in [0.1, 0.15) is 33.6 Å². The molecular formula is C16H32BN2. The number of hydrogen-bond donors (Lipinski definition) is 0. The molecule has 0 N–H and O–H groups in total. The van der Waals surface area contributed by atoms with Crippen molar-refractivity contribution in [3.05, 3.63) is 0 Å². The number of nitrogens with zero attached hydrogens (tertiary/aromatic N) is 2. The van der Waals surface area contributed by atoms with Crippen LogP contribution in [0.4, 0.5) is 0 Å². The SMILES string of the molecule is CC1C([B]C(CN(C)C)N(C)C)CC2CC1C2(C)C. The summed E-state index contributed by atoms with van der Waals surface area (Å²) in [5.74, 6) is 4.20. The Labute approximate surface area is 121 Å². The van der Waals surface area contributed by atoms with Gasteiger partial charge in [-0.2, -0.15) is 0 Å². The molecule has 0 aromatic rings. The second-order valence-electron chi connectivity index (χ2n) is 8.10. The van der Waals surface area contributed by atoms with Gasteiger partial charge in [0.2, 0.25) is 0 Å². The van der Waals surface area contributed by atoms with Crippen LogP contribution < -0.4 is 0 Å².